The number of rotatable bonds is 3. The van der Waals surface area contributed by atoms with E-state index in [9.17, 15) is 4.79 Å². The van der Waals surface area contributed by atoms with E-state index in [1.165, 1.54) is 18.4 Å². The van der Waals surface area contributed by atoms with Gasteiger partial charge in [-0.25, -0.2) is 9.97 Å². The smallest absolute Gasteiger partial charge is 0.159 e. The highest BCUT2D eigenvalue weighted by Crippen LogP contribution is 2.39. The average molecular weight is 238 g/mol. The Bertz CT molecular complexity index is 586. The maximum Gasteiger partial charge on any atom is 0.159 e. The molecule has 18 heavy (non-hydrogen) atoms. The molecule has 3 heteroatoms. The van der Waals surface area contributed by atoms with E-state index >= 15 is 0 Å². The Hall–Kier alpha value is -2.03. The molecule has 0 N–H and O–H groups in total. The molecule has 0 radical (unpaired) electrons. The first-order chi connectivity index (χ1) is 8.74. The molecular weight excluding hydrogens is 224 g/mol. The second kappa shape index (κ2) is 4.33. The number of aromatic nitrogens is 2. The molecule has 0 spiro atoms. The van der Waals surface area contributed by atoms with E-state index in [0.29, 0.717) is 17.3 Å². The van der Waals surface area contributed by atoms with Crippen molar-refractivity contribution in [2.24, 2.45) is 0 Å². The highest BCUT2D eigenvalue weighted by Gasteiger charge is 2.24. The van der Waals surface area contributed by atoms with Crippen molar-refractivity contribution < 1.29 is 4.79 Å². The molecule has 0 amide bonds. The predicted molar refractivity (Wildman–Crippen MR) is 69.4 cm³/mol. The van der Waals surface area contributed by atoms with E-state index in [0.717, 1.165) is 5.56 Å². The van der Waals surface area contributed by atoms with Crippen molar-refractivity contribution >= 4 is 5.78 Å². The molecule has 1 aliphatic rings. The molecule has 3 nitrogen and oxygen atoms in total. The minimum atomic E-state index is 0.0615. The summed E-state index contributed by atoms with van der Waals surface area (Å²) in [5, 5.41) is 0. The Kier molecular flexibility index (Phi) is 2.67. The summed E-state index contributed by atoms with van der Waals surface area (Å²) in [4.78, 5) is 20.1. The van der Waals surface area contributed by atoms with E-state index in [2.05, 4.69) is 9.97 Å². The zero-order valence-electron chi connectivity index (χ0n) is 10.3. The van der Waals surface area contributed by atoms with Crippen LogP contribution in [0.1, 0.15) is 41.6 Å². The van der Waals surface area contributed by atoms with Crippen molar-refractivity contribution in [1.82, 2.24) is 9.97 Å². The zero-order valence-corrected chi connectivity index (χ0v) is 10.3. The molecular formula is C15H14N2O. The number of benzene rings is 1. The third-order valence-corrected chi connectivity index (χ3v) is 3.25. The predicted octanol–water partition coefficient (Wildman–Crippen LogP) is 3.22. The maximum atomic E-state index is 11.3. The van der Waals surface area contributed by atoms with Gasteiger partial charge in [0.2, 0.25) is 0 Å². The SMILES string of the molecule is CC(=O)c1cccc(-c2ncc(C3CC3)cn2)c1. The monoisotopic (exact) mass is 238 g/mol. The van der Waals surface area contributed by atoms with Crippen molar-refractivity contribution in [2.45, 2.75) is 25.7 Å². The van der Waals surface area contributed by atoms with E-state index < -0.39 is 0 Å². The number of Topliss-reactive ketones (excluding diaryl/α,β-unsaturated/α-hetero) is 1. The fourth-order valence-electron chi connectivity index (χ4n) is 1.99. The molecule has 1 heterocycles. The van der Waals surface area contributed by atoms with E-state index in [1.807, 2.05) is 36.7 Å². The third-order valence-electron chi connectivity index (χ3n) is 3.25. The van der Waals surface area contributed by atoms with Gasteiger partial charge in [-0.3, -0.25) is 4.79 Å². The second-order valence-electron chi connectivity index (χ2n) is 4.75. The minimum Gasteiger partial charge on any atom is -0.295 e. The molecule has 1 aromatic carbocycles. The molecule has 1 saturated carbocycles. The first kappa shape index (κ1) is 11.1. The van der Waals surface area contributed by atoms with Gasteiger partial charge in [-0.1, -0.05) is 18.2 Å². The van der Waals surface area contributed by atoms with Crippen LogP contribution in [0.15, 0.2) is 36.7 Å². The lowest BCUT2D eigenvalue weighted by molar-refractivity contribution is 0.101. The van der Waals surface area contributed by atoms with Gasteiger partial charge in [0.15, 0.2) is 11.6 Å². The van der Waals surface area contributed by atoms with Crippen LogP contribution in [0.2, 0.25) is 0 Å². The van der Waals surface area contributed by atoms with Gasteiger partial charge in [0.1, 0.15) is 0 Å². The van der Waals surface area contributed by atoms with E-state index in [1.54, 1.807) is 6.92 Å². The Balaban J connectivity index is 1.93. The molecule has 0 bridgehead atoms. The molecule has 0 unspecified atom stereocenters. The van der Waals surface area contributed by atoms with Gasteiger partial charge < -0.3 is 0 Å². The van der Waals surface area contributed by atoms with E-state index in [4.69, 9.17) is 0 Å². The van der Waals surface area contributed by atoms with Gasteiger partial charge in [0, 0.05) is 23.5 Å². The molecule has 3 rings (SSSR count). The maximum absolute atomic E-state index is 11.3. The quantitative estimate of drug-likeness (QED) is 0.771. The van der Waals surface area contributed by atoms with Gasteiger partial charge in [0.05, 0.1) is 0 Å². The van der Waals surface area contributed by atoms with Crippen LogP contribution in [-0.4, -0.2) is 15.8 Å². The molecule has 0 saturated heterocycles. The van der Waals surface area contributed by atoms with Crippen molar-refractivity contribution in [3.05, 3.63) is 47.8 Å². The van der Waals surface area contributed by atoms with Crippen LogP contribution >= 0.6 is 0 Å². The summed E-state index contributed by atoms with van der Waals surface area (Å²) in [6, 6.07) is 7.45. The molecule has 1 aromatic heterocycles. The van der Waals surface area contributed by atoms with Crippen molar-refractivity contribution in [3.8, 4) is 11.4 Å². The Morgan fingerprint density at radius 1 is 1.22 bits per heavy atom. The highest BCUT2D eigenvalue weighted by atomic mass is 16.1. The topological polar surface area (TPSA) is 42.9 Å². The first-order valence-electron chi connectivity index (χ1n) is 6.17. The van der Waals surface area contributed by atoms with Crippen molar-refractivity contribution in [1.29, 1.82) is 0 Å². The Morgan fingerprint density at radius 3 is 2.56 bits per heavy atom. The summed E-state index contributed by atoms with van der Waals surface area (Å²) in [5.41, 5.74) is 2.81. The lowest BCUT2D eigenvalue weighted by Crippen LogP contribution is -1.95. The molecule has 0 atom stereocenters. The molecule has 90 valence electrons. The fraction of sp³-hybridized carbons (Fsp3) is 0.267. The van der Waals surface area contributed by atoms with Crippen molar-refractivity contribution in [3.63, 3.8) is 0 Å². The zero-order chi connectivity index (χ0) is 12.5. The summed E-state index contributed by atoms with van der Waals surface area (Å²) < 4.78 is 0. The number of hydrogen-bond donors (Lipinski definition) is 0. The first-order valence-corrected chi connectivity index (χ1v) is 6.17. The molecule has 1 aliphatic carbocycles. The summed E-state index contributed by atoms with van der Waals surface area (Å²) >= 11 is 0. The molecule has 1 fully saturated rings. The number of carbonyl (C=O) groups excluding carboxylic acids is 1. The van der Waals surface area contributed by atoms with Gasteiger partial charge in [0.25, 0.3) is 0 Å². The molecule has 0 aliphatic heterocycles. The Labute approximate surface area is 106 Å². The summed E-state index contributed by atoms with van der Waals surface area (Å²) in [6.45, 7) is 1.57. The van der Waals surface area contributed by atoms with E-state index in [-0.39, 0.29) is 5.78 Å². The number of ketones is 1. The standard InChI is InChI=1S/C15H14N2O/c1-10(18)12-3-2-4-13(7-12)15-16-8-14(9-17-15)11-5-6-11/h2-4,7-9,11H,5-6H2,1H3. The minimum absolute atomic E-state index is 0.0615. The van der Waals surface area contributed by atoms with Crippen LogP contribution in [0.5, 0.6) is 0 Å². The second-order valence-corrected chi connectivity index (χ2v) is 4.75. The summed E-state index contributed by atoms with van der Waals surface area (Å²) in [6.07, 6.45) is 6.31. The lowest BCUT2D eigenvalue weighted by Gasteiger charge is -2.03. The number of nitrogens with zero attached hydrogens (tertiary/aromatic N) is 2. The fourth-order valence-corrected chi connectivity index (χ4v) is 1.99. The third kappa shape index (κ3) is 2.16. The largest absolute Gasteiger partial charge is 0.295 e. The van der Waals surface area contributed by atoms with Crippen LogP contribution in [0.3, 0.4) is 0 Å². The summed E-state index contributed by atoms with van der Waals surface area (Å²) in [5.74, 6) is 1.41. The lowest BCUT2D eigenvalue weighted by atomic mass is 10.1. The number of carbonyl (C=O) groups is 1. The van der Waals surface area contributed by atoms with Gasteiger partial charge in [-0.2, -0.15) is 0 Å². The van der Waals surface area contributed by atoms with Gasteiger partial charge >= 0.3 is 0 Å². The van der Waals surface area contributed by atoms with Crippen LogP contribution in [0.25, 0.3) is 11.4 Å². The van der Waals surface area contributed by atoms with Crippen LogP contribution < -0.4 is 0 Å². The summed E-state index contributed by atoms with van der Waals surface area (Å²) in [7, 11) is 0. The average Bonchev–Trinajstić information content (AvgIpc) is 3.23. The van der Waals surface area contributed by atoms with Crippen molar-refractivity contribution in [2.75, 3.05) is 0 Å². The molecule has 2 aromatic rings. The van der Waals surface area contributed by atoms with Crippen LogP contribution in [-0.2, 0) is 0 Å². The van der Waals surface area contributed by atoms with Gasteiger partial charge in [-0.15, -0.1) is 0 Å². The van der Waals surface area contributed by atoms with Gasteiger partial charge in [-0.05, 0) is 37.3 Å². The highest BCUT2D eigenvalue weighted by molar-refractivity contribution is 5.95. The van der Waals surface area contributed by atoms with Crippen LogP contribution in [0.4, 0.5) is 0 Å². The normalized spacial score (nSPS) is 14.5. The Morgan fingerprint density at radius 2 is 1.94 bits per heavy atom. The number of hydrogen-bond acceptors (Lipinski definition) is 3. The van der Waals surface area contributed by atoms with Crippen LogP contribution in [0, 0.1) is 0 Å².